The lowest BCUT2D eigenvalue weighted by molar-refractivity contribution is -0.128. The van der Waals surface area contributed by atoms with Gasteiger partial charge >= 0.3 is 0 Å². The molecule has 0 atom stereocenters. The van der Waals surface area contributed by atoms with E-state index in [0.29, 0.717) is 18.6 Å². The Balaban J connectivity index is 1.87. The Hall–Kier alpha value is -2.29. The van der Waals surface area contributed by atoms with Crippen molar-refractivity contribution < 1.29 is 14.6 Å². The predicted molar refractivity (Wildman–Crippen MR) is 85.3 cm³/mol. The second-order valence-corrected chi connectivity index (χ2v) is 6.04. The van der Waals surface area contributed by atoms with Crippen molar-refractivity contribution in [2.24, 2.45) is 0 Å². The zero-order valence-electron chi connectivity index (χ0n) is 12.7. The Labute approximate surface area is 130 Å². The average molecular weight is 296 g/mol. The lowest BCUT2D eigenvalue weighted by Gasteiger charge is -2.41. The van der Waals surface area contributed by atoms with Crippen molar-refractivity contribution in [3.05, 3.63) is 59.7 Å². The Morgan fingerprint density at radius 1 is 1.14 bits per heavy atom. The maximum absolute atomic E-state index is 11.7. The Morgan fingerprint density at radius 2 is 1.86 bits per heavy atom. The molecule has 0 radical (unpaired) electrons. The molecule has 1 saturated carbocycles. The van der Waals surface area contributed by atoms with Crippen LogP contribution in [0, 0.1) is 0 Å². The zero-order valence-corrected chi connectivity index (χ0v) is 12.7. The number of Topliss-reactive ketones (excluding diaryl/α,β-unsaturated/α-hetero) is 1. The molecule has 0 bridgehead atoms. The van der Waals surface area contributed by atoms with Gasteiger partial charge in [0.05, 0.1) is 7.11 Å². The summed E-state index contributed by atoms with van der Waals surface area (Å²) in [4.78, 5) is 11.7. The average Bonchev–Trinajstić information content (AvgIpc) is 2.52. The summed E-state index contributed by atoms with van der Waals surface area (Å²) in [5.74, 6) is 1.22. The summed E-state index contributed by atoms with van der Waals surface area (Å²) in [5.41, 5.74) is 1.83. The van der Waals surface area contributed by atoms with Crippen LogP contribution in [0.2, 0.25) is 0 Å². The highest BCUT2D eigenvalue weighted by Crippen LogP contribution is 2.48. The van der Waals surface area contributed by atoms with Gasteiger partial charge in [-0.3, -0.25) is 4.79 Å². The molecule has 0 aromatic heterocycles. The van der Waals surface area contributed by atoms with Gasteiger partial charge in [0.25, 0.3) is 0 Å². The van der Waals surface area contributed by atoms with Gasteiger partial charge in [0.15, 0.2) is 0 Å². The largest absolute Gasteiger partial charge is 0.508 e. The Morgan fingerprint density at radius 3 is 2.50 bits per heavy atom. The summed E-state index contributed by atoms with van der Waals surface area (Å²) in [6, 6.07) is 15.5. The van der Waals surface area contributed by atoms with E-state index in [-0.39, 0.29) is 16.9 Å². The van der Waals surface area contributed by atoms with Gasteiger partial charge in [0.2, 0.25) is 0 Å². The monoisotopic (exact) mass is 296 g/mol. The van der Waals surface area contributed by atoms with Gasteiger partial charge in [-0.1, -0.05) is 30.3 Å². The standard InChI is InChI=1S/C19H20O3/c1-22-16-7-8-18(21)17(11-16)19(12-15(20)13-19)10-9-14-5-3-2-4-6-14/h2-8,11,21H,9-10,12-13H2,1H3. The minimum absolute atomic E-state index is 0.251. The maximum atomic E-state index is 11.7. The van der Waals surface area contributed by atoms with E-state index in [1.165, 1.54) is 5.56 Å². The lowest BCUT2D eigenvalue weighted by Crippen LogP contribution is -2.42. The Kier molecular flexibility index (Phi) is 3.88. The first-order chi connectivity index (χ1) is 10.6. The molecule has 1 N–H and O–H groups in total. The molecule has 114 valence electrons. The molecular weight excluding hydrogens is 276 g/mol. The Bertz CT molecular complexity index is 668. The van der Waals surface area contributed by atoms with E-state index < -0.39 is 0 Å². The normalized spacial score (nSPS) is 16.1. The van der Waals surface area contributed by atoms with Gasteiger partial charge < -0.3 is 9.84 Å². The summed E-state index contributed by atoms with van der Waals surface area (Å²) >= 11 is 0. The van der Waals surface area contributed by atoms with Gasteiger partial charge in [-0.15, -0.1) is 0 Å². The smallest absolute Gasteiger partial charge is 0.134 e. The van der Waals surface area contributed by atoms with E-state index in [1.54, 1.807) is 19.2 Å². The van der Waals surface area contributed by atoms with Gasteiger partial charge in [-0.2, -0.15) is 0 Å². The molecule has 1 aliphatic carbocycles. The summed E-state index contributed by atoms with van der Waals surface area (Å²) < 4.78 is 5.27. The third-order valence-corrected chi connectivity index (χ3v) is 4.58. The van der Waals surface area contributed by atoms with Crippen LogP contribution in [0.4, 0.5) is 0 Å². The van der Waals surface area contributed by atoms with Gasteiger partial charge in [0.1, 0.15) is 17.3 Å². The quantitative estimate of drug-likeness (QED) is 0.916. The van der Waals surface area contributed by atoms with Crippen LogP contribution in [0.3, 0.4) is 0 Å². The maximum Gasteiger partial charge on any atom is 0.134 e. The van der Waals surface area contributed by atoms with E-state index in [9.17, 15) is 9.90 Å². The molecule has 0 spiro atoms. The first kappa shape index (κ1) is 14.6. The van der Waals surface area contributed by atoms with Crippen LogP contribution >= 0.6 is 0 Å². The second-order valence-electron chi connectivity index (χ2n) is 6.04. The van der Waals surface area contributed by atoms with Crippen molar-refractivity contribution in [1.82, 2.24) is 0 Å². The lowest BCUT2D eigenvalue weighted by atomic mass is 9.60. The van der Waals surface area contributed by atoms with E-state index >= 15 is 0 Å². The highest BCUT2D eigenvalue weighted by atomic mass is 16.5. The topological polar surface area (TPSA) is 46.5 Å². The number of aromatic hydroxyl groups is 1. The number of rotatable bonds is 5. The van der Waals surface area contributed by atoms with E-state index in [2.05, 4.69) is 12.1 Å². The van der Waals surface area contributed by atoms with Crippen LogP contribution in [0.25, 0.3) is 0 Å². The molecule has 3 nitrogen and oxygen atoms in total. The molecule has 3 rings (SSSR count). The number of ketones is 1. The van der Waals surface area contributed by atoms with Crippen LogP contribution in [-0.4, -0.2) is 18.0 Å². The van der Waals surface area contributed by atoms with Crippen molar-refractivity contribution in [2.45, 2.75) is 31.1 Å². The van der Waals surface area contributed by atoms with Crippen molar-refractivity contribution in [3.63, 3.8) is 0 Å². The van der Waals surface area contributed by atoms with Gasteiger partial charge in [-0.05, 0) is 36.6 Å². The predicted octanol–water partition coefficient (Wildman–Crippen LogP) is 3.63. The van der Waals surface area contributed by atoms with Crippen LogP contribution in [0.15, 0.2) is 48.5 Å². The molecule has 1 aliphatic rings. The number of hydrogen-bond acceptors (Lipinski definition) is 3. The van der Waals surface area contributed by atoms with Crippen molar-refractivity contribution in [2.75, 3.05) is 7.11 Å². The third-order valence-electron chi connectivity index (χ3n) is 4.58. The van der Waals surface area contributed by atoms with Crippen molar-refractivity contribution >= 4 is 5.78 Å². The summed E-state index contributed by atoms with van der Waals surface area (Å²) in [5, 5.41) is 10.2. The number of hydrogen-bond donors (Lipinski definition) is 1. The molecule has 2 aromatic carbocycles. The van der Waals surface area contributed by atoms with Crippen LogP contribution in [0.1, 0.15) is 30.4 Å². The molecule has 0 unspecified atom stereocenters. The highest BCUT2D eigenvalue weighted by molar-refractivity contribution is 5.89. The fraction of sp³-hybridized carbons (Fsp3) is 0.316. The SMILES string of the molecule is COc1ccc(O)c(C2(CCc3ccccc3)CC(=O)C2)c1. The second kappa shape index (κ2) is 5.84. The molecule has 2 aromatic rings. The minimum atomic E-state index is -0.258. The van der Waals surface area contributed by atoms with Crippen LogP contribution in [0.5, 0.6) is 11.5 Å². The molecule has 0 saturated heterocycles. The number of carbonyl (C=O) groups excluding carboxylic acids is 1. The van der Waals surface area contributed by atoms with E-state index in [0.717, 1.165) is 18.4 Å². The number of ether oxygens (including phenoxy) is 1. The molecular formula is C19H20O3. The molecule has 0 heterocycles. The number of aryl methyl sites for hydroxylation is 1. The third kappa shape index (κ3) is 2.71. The van der Waals surface area contributed by atoms with Crippen LogP contribution in [-0.2, 0) is 16.6 Å². The molecule has 1 fully saturated rings. The van der Waals surface area contributed by atoms with Crippen molar-refractivity contribution in [3.8, 4) is 11.5 Å². The van der Waals surface area contributed by atoms with Gasteiger partial charge in [-0.25, -0.2) is 0 Å². The number of carbonyl (C=O) groups is 1. The molecule has 0 amide bonds. The number of phenolic OH excluding ortho intramolecular Hbond substituents is 1. The van der Waals surface area contributed by atoms with Crippen LogP contribution < -0.4 is 4.74 Å². The number of methoxy groups -OCH3 is 1. The first-order valence-electron chi connectivity index (χ1n) is 7.56. The summed E-state index contributed by atoms with van der Waals surface area (Å²) in [6.07, 6.45) is 2.75. The van der Waals surface area contributed by atoms with E-state index in [4.69, 9.17) is 4.74 Å². The fourth-order valence-electron chi connectivity index (χ4n) is 3.30. The highest BCUT2D eigenvalue weighted by Gasteiger charge is 2.46. The molecule has 22 heavy (non-hydrogen) atoms. The molecule has 3 heteroatoms. The number of phenols is 1. The van der Waals surface area contributed by atoms with Gasteiger partial charge in [0, 0.05) is 23.8 Å². The zero-order chi connectivity index (χ0) is 15.6. The number of benzene rings is 2. The summed E-state index contributed by atoms with van der Waals surface area (Å²) in [7, 11) is 1.61. The van der Waals surface area contributed by atoms with Crippen molar-refractivity contribution in [1.29, 1.82) is 0 Å². The molecule has 0 aliphatic heterocycles. The van der Waals surface area contributed by atoms with E-state index in [1.807, 2.05) is 24.3 Å². The summed E-state index contributed by atoms with van der Waals surface area (Å²) in [6.45, 7) is 0. The fourth-order valence-corrected chi connectivity index (χ4v) is 3.30. The minimum Gasteiger partial charge on any atom is -0.508 e. The first-order valence-corrected chi connectivity index (χ1v) is 7.56.